The topological polar surface area (TPSA) is 66.5 Å². The second-order valence-electron chi connectivity index (χ2n) is 5.09. The Balaban J connectivity index is 1.87. The van der Waals surface area contributed by atoms with Crippen molar-refractivity contribution in [3.8, 4) is 0 Å². The van der Waals surface area contributed by atoms with Crippen LogP contribution in [0, 0.1) is 6.92 Å². The van der Waals surface area contributed by atoms with Gasteiger partial charge in [-0.25, -0.2) is 8.42 Å². The Hall–Kier alpha value is -0.920. The van der Waals surface area contributed by atoms with Crippen molar-refractivity contribution < 1.29 is 13.2 Å². The minimum absolute atomic E-state index is 0.00171. The van der Waals surface area contributed by atoms with E-state index in [1.165, 1.54) is 4.88 Å². The molecule has 1 aromatic rings. The van der Waals surface area contributed by atoms with Crippen LogP contribution in [0.4, 0.5) is 0 Å². The maximum absolute atomic E-state index is 12.0. The molecule has 2 unspecified atom stereocenters. The van der Waals surface area contributed by atoms with Gasteiger partial charge in [-0.1, -0.05) is 0 Å². The number of carbonyl (C=O) groups is 1. The van der Waals surface area contributed by atoms with Crippen LogP contribution in [-0.4, -0.2) is 43.3 Å². The van der Waals surface area contributed by atoms with Gasteiger partial charge in [0.2, 0.25) is 5.91 Å². The first-order chi connectivity index (χ1) is 8.96. The zero-order chi connectivity index (χ0) is 13.6. The summed E-state index contributed by atoms with van der Waals surface area (Å²) < 4.78 is 23.2. The van der Waals surface area contributed by atoms with Crippen LogP contribution >= 0.6 is 11.3 Å². The molecule has 0 aliphatic carbocycles. The average Bonchev–Trinajstić information content (AvgIpc) is 2.98. The smallest absolute Gasteiger partial charge is 0.238 e. The summed E-state index contributed by atoms with van der Waals surface area (Å²) in [6, 6.07) is 3.85. The molecule has 3 rings (SSSR count). The van der Waals surface area contributed by atoms with E-state index >= 15 is 0 Å². The van der Waals surface area contributed by atoms with Crippen LogP contribution in [0.5, 0.6) is 0 Å². The van der Waals surface area contributed by atoms with Crippen molar-refractivity contribution in [2.75, 3.05) is 18.1 Å². The molecule has 2 atom stereocenters. The highest BCUT2D eigenvalue weighted by Gasteiger charge is 2.42. The molecule has 0 saturated carbocycles. The molecular weight excluding hydrogens is 284 g/mol. The van der Waals surface area contributed by atoms with Crippen LogP contribution in [0.1, 0.15) is 22.3 Å². The summed E-state index contributed by atoms with van der Waals surface area (Å²) in [6.07, 6.45) is 0.390. The molecule has 1 N–H and O–H groups in total. The van der Waals surface area contributed by atoms with E-state index in [9.17, 15) is 13.2 Å². The Labute approximate surface area is 116 Å². The van der Waals surface area contributed by atoms with Gasteiger partial charge in [0.1, 0.15) is 6.17 Å². The van der Waals surface area contributed by atoms with Crippen molar-refractivity contribution >= 4 is 27.1 Å². The number of sulfone groups is 1. The van der Waals surface area contributed by atoms with Crippen molar-refractivity contribution in [2.24, 2.45) is 0 Å². The summed E-state index contributed by atoms with van der Waals surface area (Å²) in [4.78, 5) is 16.0. The van der Waals surface area contributed by atoms with Crippen LogP contribution in [0.25, 0.3) is 0 Å². The van der Waals surface area contributed by atoms with Gasteiger partial charge in [-0.3, -0.25) is 10.1 Å². The highest BCUT2D eigenvalue weighted by molar-refractivity contribution is 7.91. The number of carbonyl (C=O) groups excluding carboxylic acids is 1. The minimum Gasteiger partial charge on any atom is -0.317 e. The van der Waals surface area contributed by atoms with Gasteiger partial charge in [0, 0.05) is 15.8 Å². The van der Waals surface area contributed by atoms with E-state index in [-0.39, 0.29) is 36.2 Å². The quantitative estimate of drug-likeness (QED) is 0.872. The molecule has 1 aromatic heterocycles. The molecule has 2 aliphatic rings. The summed E-state index contributed by atoms with van der Waals surface area (Å²) in [6.45, 7) is 2.31. The summed E-state index contributed by atoms with van der Waals surface area (Å²) in [5.41, 5.74) is 0. The predicted molar refractivity (Wildman–Crippen MR) is 73.7 cm³/mol. The van der Waals surface area contributed by atoms with E-state index in [2.05, 4.69) is 5.32 Å². The van der Waals surface area contributed by atoms with E-state index in [1.54, 1.807) is 16.2 Å². The van der Waals surface area contributed by atoms with Crippen LogP contribution in [0.2, 0.25) is 0 Å². The zero-order valence-corrected chi connectivity index (χ0v) is 12.3. The molecule has 104 valence electrons. The van der Waals surface area contributed by atoms with Gasteiger partial charge in [-0.15, -0.1) is 11.3 Å². The summed E-state index contributed by atoms with van der Waals surface area (Å²) >= 11 is 1.64. The molecular formula is C12H16N2O3S2. The Morgan fingerprint density at radius 3 is 2.79 bits per heavy atom. The standard InChI is InChI=1S/C12H16N2O3S2/c1-8-2-3-10(18-8)12-13-6-11(15)14(12)9-4-5-19(16,17)7-9/h2-3,9,12-13H,4-7H2,1H3. The molecule has 3 heterocycles. The molecule has 1 amide bonds. The maximum Gasteiger partial charge on any atom is 0.238 e. The fraction of sp³-hybridized carbons (Fsp3) is 0.583. The van der Waals surface area contributed by atoms with Crippen LogP contribution in [0.15, 0.2) is 12.1 Å². The lowest BCUT2D eigenvalue weighted by Gasteiger charge is -2.28. The fourth-order valence-electron chi connectivity index (χ4n) is 2.76. The molecule has 0 aromatic carbocycles. The number of nitrogens with zero attached hydrogens (tertiary/aromatic N) is 1. The number of hydrogen-bond acceptors (Lipinski definition) is 5. The lowest BCUT2D eigenvalue weighted by Crippen LogP contribution is -2.40. The zero-order valence-electron chi connectivity index (χ0n) is 10.6. The maximum atomic E-state index is 12.0. The summed E-state index contributed by atoms with van der Waals surface area (Å²) in [5.74, 6) is 0.289. The number of amides is 1. The molecule has 19 heavy (non-hydrogen) atoms. The van der Waals surface area contributed by atoms with Gasteiger partial charge in [-0.05, 0) is 25.5 Å². The molecule has 0 radical (unpaired) electrons. The molecule has 2 fully saturated rings. The van der Waals surface area contributed by atoms with Gasteiger partial charge in [0.25, 0.3) is 0 Å². The lowest BCUT2D eigenvalue weighted by molar-refractivity contribution is -0.129. The first-order valence-corrected chi connectivity index (χ1v) is 8.91. The summed E-state index contributed by atoms with van der Waals surface area (Å²) in [5, 5.41) is 3.18. The van der Waals surface area contributed by atoms with Gasteiger partial charge in [-0.2, -0.15) is 0 Å². The Bertz CT molecular complexity index is 608. The first kappa shape index (κ1) is 13.1. The Kier molecular flexibility index (Phi) is 3.15. The van der Waals surface area contributed by atoms with E-state index in [4.69, 9.17) is 0 Å². The van der Waals surface area contributed by atoms with Crippen LogP contribution in [-0.2, 0) is 14.6 Å². The number of nitrogens with one attached hydrogen (secondary N) is 1. The second-order valence-corrected chi connectivity index (χ2v) is 8.64. The first-order valence-electron chi connectivity index (χ1n) is 6.27. The number of thiophene rings is 1. The number of aryl methyl sites for hydroxylation is 1. The Morgan fingerprint density at radius 2 is 2.21 bits per heavy atom. The highest BCUT2D eigenvalue weighted by atomic mass is 32.2. The van der Waals surface area contributed by atoms with Crippen LogP contribution < -0.4 is 5.32 Å². The monoisotopic (exact) mass is 300 g/mol. The molecule has 2 saturated heterocycles. The van der Waals surface area contributed by atoms with Crippen molar-refractivity contribution in [2.45, 2.75) is 25.6 Å². The van der Waals surface area contributed by atoms with Crippen molar-refractivity contribution in [3.63, 3.8) is 0 Å². The fourth-order valence-corrected chi connectivity index (χ4v) is 5.43. The van der Waals surface area contributed by atoms with Gasteiger partial charge in [0.15, 0.2) is 9.84 Å². The van der Waals surface area contributed by atoms with Crippen molar-refractivity contribution in [1.29, 1.82) is 0 Å². The van der Waals surface area contributed by atoms with Gasteiger partial charge in [0.05, 0.1) is 18.1 Å². The van der Waals surface area contributed by atoms with Crippen molar-refractivity contribution in [3.05, 3.63) is 21.9 Å². The Morgan fingerprint density at radius 1 is 1.42 bits per heavy atom. The third kappa shape index (κ3) is 2.42. The lowest BCUT2D eigenvalue weighted by atomic mass is 10.2. The minimum atomic E-state index is -2.97. The van der Waals surface area contributed by atoms with E-state index in [0.717, 1.165) is 4.88 Å². The van der Waals surface area contributed by atoms with Gasteiger partial charge >= 0.3 is 0 Å². The SMILES string of the molecule is Cc1ccc(C2NCC(=O)N2C2CCS(=O)(=O)C2)s1. The highest BCUT2D eigenvalue weighted by Crippen LogP contribution is 2.32. The number of hydrogen-bond donors (Lipinski definition) is 1. The van der Waals surface area contributed by atoms with E-state index in [1.807, 2.05) is 19.1 Å². The van der Waals surface area contributed by atoms with E-state index < -0.39 is 9.84 Å². The van der Waals surface area contributed by atoms with Gasteiger partial charge < -0.3 is 4.90 Å². The van der Waals surface area contributed by atoms with E-state index in [0.29, 0.717) is 6.42 Å². The predicted octanol–water partition coefficient (Wildman–Crippen LogP) is 0.674. The molecule has 2 aliphatic heterocycles. The van der Waals surface area contributed by atoms with Crippen molar-refractivity contribution in [1.82, 2.24) is 10.2 Å². The second kappa shape index (κ2) is 4.57. The largest absolute Gasteiger partial charge is 0.317 e. The molecule has 0 spiro atoms. The third-order valence-corrected chi connectivity index (χ3v) is 6.45. The molecule has 0 bridgehead atoms. The average molecular weight is 300 g/mol. The number of rotatable bonds is 2. The molecule has 7 heteroatoms. The normalized spacial score (nSPS) is 30.2. The summed E-state index contributed by atoms with van der Waals surface area (Å²) in [7, 11) is -2.97. The third-order valence-electron chi connectivity index (χ3n) is 3.65. The van der Waals surface area contributed by atoms with Crippen LogP contribution in [0.3, 0.4) is 0 Å². The molecule has 5 nitrogen and oxygen atoms in total.